The average molecular weight is 312 g/mol. The number of aromatic nitrogens is 2. The fraction of sp³-hybridized carbons (Fsp3) is 0.353. The summed E-state index contributed by atoms with van der Waals surface area (Å²) in [5.41, 5.74) is 1.79. The molecule has 1 aromatic carbocycles. The van der Waals surface area contributed by atoms with Crippen molar-refractivity contribution in [2.24, 2.45) is 0 Å². The fourth-order valence-electron chi connectivity index (χ4n) is 2.72. The van der Waals surface area contributed by atoms with Gasteiger partial charge >= 0.3 is 0 Å². The molecule has 120 valence electrons. The van der Waals surface area contributed by atoms with Gasteiger partial charge in [-0.25, -0.2) is 9.97 Å². The van der Waals surface area contributed by atoms with Gasteiger partial charge < -0.3 is 15.4 Å². The van der Waals surface area contributed by atoms with E-state index in [1.54, 1.807) is 25.4 Å². The molecule has 6 nitrogen and oxygen atoms in total. The highest BCUT2D eigenvalue weighted by molar-refractivity contribution is 6.05. The monoisotopic (exact) mass is 312 g/mol. The molecule has 0 bridgehead atoms. The number of hydrogen-bond acceptors (Lipinski definition) is 5. The molecule has 0 radical (unpaired) electrons. The number of hydrogen-bond donors (Lipinski definition) is 2. The summed E-state index contributed by atoms with van der Waals surface area (Å²) >= 11 is 0. The van der Waals surface area contributed by atoms with Crippen molar-refractivity contribution < 1.29 is 9.53 Å². The Morgan fingerprint density at radius 3 is 2.91 bits per heavy atom. The van der Waals surface area contributed by atoms with E-state index in [-0.39, 0.29) is 5.91 Å². The molecule has 1 aliphatic heterocycles. The lowest BCUT2D eigenvalue weighted by Gasteiger charge is -2.12. The van der Waals surface area contributed by atoms with Crippen molar-refractivity contribution in [2.45, 2.75) is 19.3 Å². The van der Waals surface area contributed by atoms with Crippen LogP contribution in [0.5, 0.6) is 5.75 Å². The van der Waals surface area contributed by atoms with E-state index < -0.39 is 0 Å². The molecule has 0 saturated carbocycles. The summed E-state index contributed by atoms with van der Waals surface area (Å²) in [4.78, 5) is 21.4. The Labute approximate surface area is 135 Å². The van der Waals surface area contributed by atoms with Crippen LogP contribution in [-0.2, 0) is 0 Å². The molecule has 2 aromatic rings. The van der Waals surface area contributed by atoms with Crippen LogP contribution >= 0.6 is 0 Å². The maximum atomic E-state index is 12.5. The summed E-state index contributed by atoms with van der Waals surface area (Å²) in [6, 6.07) is 7.30. The molecule has 1 saturated heterocycles. The second-order valence-electron chi connectivity index (χ2n) is 5.57. The van der Waals surface area contributed by atoms with Gasteiger partial charge in [0.1, 0.15) is 11.6 Å². The Hall–Kier alpha value is -2.47. The first-order valence-corrected chi connectivity index (χ1v) is 7.67. The van der Waals surface area contributed by atoms with Gasteiger partial charge in [0, 0.05) is 18.7 Å². The van der Waals surface area contributed by atoms with E-state index in [0.717, 1.165) is 25.3 Å². The number of carbonyl (C=O) groups is 1. The molecule has 0 aliphatic carbocycles. The zero-order valence-electron chi connectivity index (χ0n) is 13.3. The molecule has 23 heavy (non-hydrogen) atoms. The van der Waals surface area contributed by atoms with Crippen LogP contribution in [0.15, 0.2) is 30.5 Å². The predicted octanol–water partition coefficient (Wildman–Crippen LogP) is 2.12. The van der Waals surface area contributed by atoms with Crippen molar-refractivity contribution in [1.29, 1.82) is 0 Å². The number of methoxy groups -OCH3 is 1. The Kier molecular flexibility index (Phi) is 4.52. The molecule has 2 heterocycles. The summed E-state index contributed by atoms with van der Waals surface area (Å²) in [7, 11) is 1.57. The average Bonchev–Trinajstić information content (AvgIpc) is 3.09. The third-order valence-electron chi connectivity index (χ3n) is 4.02. The highest BCUT2D eigenvalue weighted by Gasteiger charge is 2.21. The SMILES string of the molecule is COc1ccccc1NC(=O)c1cnc(C2CCNC2)nc1C. The van der Waals surface area contributed by atoms with Crippen LogP contribution in [0, 0.1) is 6.92 Å². The van der Waals surface area contributed by atoms with Crippen LogP contribution in [0.3, 0.4) is 0 Å². The normalized spacial score (nSPS) is 17.0. The van der Waals surface area contributed by atoms with Crippen LogP contribution in [0.25, 0.3) is 0 Å². The third-order valence-corrected chi connectivity index (χ3v) is 4.02. The quantitative estimate of drug-likeness (QED) is 0.904. The smallest absolute Gasteiger partial charge is 0.259 e. The zero-order chi connectivity index (χ0) is 16.2. The molecular formula is C17H20N4O2. The molecule has 1 aliphatic rings. The summed E-state index contributed by atoms with van der Waals surface area (Å²) in [6.07, 6.45) is 2.65. The molecular weight excluding hydrogens is 292 g/mol. The van der Waals surface area contributed by atoms with Gasteiger partial charge in [-0.3, -0.25) is 4.79 Å². The lowest BCUT2D eigenvalue weighted by molar-refractivity contribution is 0.102. The minimum atomic E-state index is -0.233. The second kappa shape index (κ2) is 6.75. The number of aryl methyl sites for hydroxylation is 1. The highest BCUT2D eigenvalue weighted by atomic mass is 16.5. The topological polar surface area (TPSA) is 76.1 Å². The fourth-order valence-corrected chi connectivity index (χ4v) is 2.72. The van der Waals surface area contributed by atoms with Gasteiger partial charge in [-0.15, -0.1) is 0 Å². The lowest BCUT2D eigenvalue weighted by Crippen LogP contribution is -2.17. The van der Waals surface area contributed by atoms with Crippen LogP contribution in [-0.4, -0.2) is 36.1 Å². The van der Waals surface area contributed by atoms with Gasteiger partial charge in [0.15, 0.2) is 0 Å². The molecule has 0 spiro atoms. The predicted molar refractivity (Wildman–Crippen MR) is 87.9 cm³/mol. The number of rotatable bonds is 4. The number of amides is 1. The molecule has 3 rings (SSSR count). The van der Waals surface area contributed by atoms with Gasteiger partial charge in [-0.1, -0.05) is 12.1 Å². The van der Waals surface area contributed by atoms with Crippen LogP contribution in [0.1, 0.15) is 34.2 Å². The van der Waals surface area contributed by atoms with E-state index in [0.29, 0.717) is 28.6 Å². The van der Waals surface area contributed by atoms with Crippen molar-refractivity contribution in [3.05, 3.63) is 47.5 Å². The number of carbonyl (C=O) groups excluding carboxylic acids is 1. The molecule has 2 N–H and O–H groups in total. The van der Waals surface area contributed by atoms with Crippen molar-refractivity contribution in [1.82, 2.24) is 15.3 Å². The molecule has 1 aromatic heterocycles. The Balaban J connectivity index is 1.79. The van der Waals surface area contributed by atoms with Gasteiger partial charge in [-0.05, 0) is 32.0 Å². The second-order valence-corrected chi connectivity index (χ2v) is 5.57. The number of benzene rings is 1. The summed E-state index contributed by atoms with van der Waals surface area (Å²) in [5, 5.41) is 6.15. The Morgan fingerprint density at radius 1 is 1.39 bits per heavy atom. The Bertz CT molecular complexity index is 711. The van der Waals surface area contributed by atoms with Crippen molar-refractivity contribution in [2.75, 3.05) is 25.5 Å². The number of ether oxygens (including phenoxy) is 1. The van der Waals surface area contributed by atoms with Crippen LogP contribution in [0.2, 0.25) is 0 Å². The highest BCUT2D eigenvalue weighted by Crippen LogP contribution is 2.24. The first-order valence-electron chi connectivity index (χ1n) is 7.67. The summed E-state index contributed by atoms with van der Waals surface area (Å²) in [6.45, 7) is 3.72. The van der Waals surface area contributed by atoms with E-state index >= 15 is 0 Å². The summed E-state index contributed by atoms with van der Waals surface area (Å²) < 4.78 is 5.25. The molecule has 1 fully saturated rings. The van der Waals surface area contributed by atoms with Crippen LogP contribution < -0.4 is 15.4 Å². The van der Waals surface area contributed by atoms with E-state index in [2.05, 4.69) is 20.6 Å². The first-order chi connectivity index (χ1) is 11.2. The van der Waals surface area contributed by atoms with Gasteiger partial charge in [0.25, 0.3) is 5.91 Å². The van der Waals surface area contributed by atoms with Crippen molar-refractivity contribution in [3.8, 4) is 5.75 Å². The zero-order valence-corrected chi connectivity index (χ0v) is 13.3. The first kappa shape index (κ1) is 15.4. The number of anilines is 1. The largest absolute Gasteiger partial charge is 0.495 e. The molecule has 1 unspecified atom stereocenters. The van der Waals surface area contributed by atoms with Gasteiger partial charge in [-0.2, -0.15) is 0 Å². The number of para-hydroxylation sites is 2. The maximum absolute atomic E-state index is 12.5. The van der Waals surface area contributed by atoms with Crippen LogP contribution in [0.4, 0.5) is 5.69 Å². The van der Waals surface area contributed by atoms with E-state index in [1.165, 1.54) is 0 Å². The van der Waals surface area contributed by atoms with E-state index in [1.807, 2.05) is 19.1 Å². The standard InChI is InChI=1S/C17H20N4O2/c1-11-13(10-19-16(20-11)12-7-8-18-9-12)17(22)21-14-5-3-4-6-15(14)23-2/h3-6,10,12,18H,7-9H2,1-2H3,(H,21,22). The number of nitrogens with zero attached hydrogens (tertiary/aromatic N) is 2. The number of nitrogens with one attached hydrogen (secondary N) is 2. The molecule has 1 amide bonds. The third kappa shape index (κ3) is 3.32. The summed E-state index contributed by atoms with van der Waals surface area (Å²) in [5.74, 6) is 1.53. The van der Waals surface area contributed by atoms with Crippen molar-refractivity contribution >= 4 is 11.6 Å². The molecule has 1 atom stereocenters. The van der Waals surface area contributed by atoms with Gasteiger partial charge in [0.2, 0.25) is 0 Å². The van der Waals surface area contributed by atoms with Crippen molar-refractivity contribution in [3.63, 3.8) is 0 Å². The van der Waals surface area contributed by atoms with E-state index in [4.69, 9.17) is 4.74 Å². The molecule has 6 heteroatoms. The lowest BCUT2D eigenvalue weighted by atomic mass is 10.1. The van der Waals surface area contributed by atoms with E-state index in [9.17, 15) is 4.79 Å². The minimum Gasteiger partial charge on any atom is -0.495 e. The van der Waals surface area contributed by atoms with Gasteiger partial charge in [0.05, 0.1) is 24.1 Å². The minimum absolute atomic E-state index is 0.233. The maximum Gasteiger partial charge on any atom is 0.259 e. The Morgan fingerprint density at radius 2 is 2.22 bits per heavy atom.